The van der Waals surface area contributed by atoms with Crippen LogP contribution in [0.1, 0.15) is 94.3 Å². The van der Waals surface area contributed by atoms with Crippen molar-refractivity contribution in [2.75, 3.05) is 7.11 Å². The fraction of sp³-hybridized carbons (Fsp3) is 0.560. The van der Waals surface area contributed by atoms with Gasteiger partial charge in [0.05, 0.1) is 7.11 Å². The zero-order chi connectivity index (χ0) is 21.3. The molecule has 0 amide bonds. The van der Waals surface area contributed by atoms with E-state index in [1.807, 2.05) is 0 Å². The number of hydrogen-bond donors (Lipinski definition) is 2. The van der Waals surface area contributed by atoms with Crippen LogP contribution in [0, 0.1) is 0 Å². The van der Waals surface area contributed by atoms with E-state index < -0.39 is 0 Å². The standard InChI is InChI=1S/C25H38O4/c1-3-4-5-6-7-8-9-10-11-12-13-14-15-16-17-18-22(27)25-23(28)19-21(26)20-24(25)29-2/h5-6,12-13,19-20,26,28H,3-4,7-11,14-18H2,1-2H3/b6-5-,13-12-. The largest absolute Gasteiger partial charge is 0.508 e. The van der Waals surface area contributed by atoms with E-state index in [-0.39, 0.29) is 28.6 Å². The number of hydrogen-bond acceptors (Lipinski definition) is 4. The summed E-state index contributed by atoms with van der Waals surface area (Å²) in [5.74, 6) is -0.287. The summed E-state index contributed by atoms with van der Waals surface area (Å²) in [6.45, 7) is 2.21. The summed E-state index contributed by atoms with van der Waals surface area (Å²) in [5.41, 5.74) is 0.158. The van der Waals surface area contributed by atoms with E-state index in [9.17, 15) is 15.0 Å². The highest BCUT2D eigenvalue weighted by Gasteiger charge is 2.18. The van der Waals surface area contributed by atoms with Crippen LogP contribution in [-0.2, 0) is 0 Å². The normalized spacial score (nSPS) is 11.5. The van der Waals surface area contributed by atoms with Gasteiger partial charge in [-0.05, 0) is 51.4 Å². The number of benzene rings is 1. The van der Waals surface area contributed by atoms with Gasteiger partial charge >= 0.3 is 0 Å². The lowest BCUT2D eigenvalue weighted by Gasteiger charge is -2.10. The summed E-state index contributed by atoms with van der Waals surface area (Å²) in [6, 6.07) is 2.52. The molecule has 4 heteroatoms. The maximum Gasteiger partial charge on any atom is 0.170 e. The number of phenolic OH excluding ortho intramolecular Hbond substituents is 2. The van der Waals surface area contributed by atoms with E-state index in [4.69, 9.17) is 4.74 Å². The first-order valence-electron chi connectivity index (χ1n) is 11.0. The van der Waals surface area contributed by atoms with E-state index in [2.05, 4.69) is 31.2 Å². The molecule has 2 N–H and O–H groups in total. The van der Waals surface area contributed by atoms with Gasteiger partial charge in [0, 0.05) is 18.6 Å². The first-order chi connectivity index (χ1) is 14.1. The van der Waals surface area contributed by atoms with Gasteiger partial charge in [0.1, 0.15) is 22.8 Å². The highest BCUT2D eigenvalue weighted by atomic mass is 16.5. The monoisotopic (exact) mass is 402 g/mol. The molecule has 1 rings (SSSR count). The molecule has 0 saturated heterocycles. The minimum absolute atomic E-state index is 0.119. The van der Waals surface area contributed by atoms with Gasteiger partial charge in [0.25, 0.3) is 0 Å². The average Bonchev–Trinajstić information content (AvgIpc) is 2.70. The Balaban J connectivity index is 2.10. The molecule has 1 aromatic carbocycles. The molecule has 0 bridgehead atoms. The van der Waals surface area contributed by atoms with Crippen LogP contribution in [0.25, 0.3) is 0 Å². The minimum Gasteiger partial charge on any atom is -0.508 e. The van der Waals surface area contributed by atoms with Gasteiger partial charge in [-0.2, -0.15) is 0 Å². The Morgan fingerprint density at radius 3 is 1.97 bits per heavy atom. The maximum absolute atomic E-state index is 12.4. The first-order valence-corrected chi connectivity index (χ1v) is 11.0. The van der Waals surface area contributed by atoms with E-state index >= 15 is 0 Å². The lowest BCUT2D eigenvalue weighted by molar-refractivity contribution is 0.0973. The molecule has 0 aromatic heterocycles. The molecule has 0 unspecified atom stereocenters. The smallest absolute Gasteiger partial charge is 0.170 e. The lowest BCUT2D eigenvalue weighted by atomic mass is 10.0. The van der Waals surface area contributed by atoms with E-state index in [1.165, 1.54) is 57.8 Å². The number of rotatable bonds is 16. The molecule has 0 heterocycles. The molecule has 29 heavy (non-hydrogen) atoms. The molecule has 0 radical (unpaired) electrons. The first kappa shape index (κ1) is 24.8. The van der Waals surface area contributed by atoms with Crippen molar-refractivity contribution in [3.8, 4) is 17.2 Å². The number of phenols is 2. The third kappa shape index (κ3) is 10.8. The van der Waals surface area contributed by atoms with Crippen LogP contribution in [0.2, 0.25) is 0 Å². The highest BCUT2D eigenvalue weighted by molar-refractivity contribution is 6.01. The number of carbonyl (C=O) groups excluding carboxylic acids is 1. The number of unbranched alkanes of at least 4 members (excludes halogenated alkanes) is 8. The van der Waals surface area contributed by atoms with Crippen molar-refractivity contribution in [1.29, 1.82) is 0 Å². The van der Waals surface area contributed by atoms with E-state index in [0.29, 0.717) is 6.42 Å². The van der Waals surface area contributed by atoms with Crippen molar-refractivity contribution < 1.29 is 19.7 Å². The molecule has 0 aliphatic heterocycles. The van der Waals surface area contributed by atoms with Crippen molar-refractivity contribution in [3.05, 3.63) is 42.0 Å². The molecule has 0 aliphatic rings. The van der Waals surface area contributed by atoms with Crippen LogP contribution in [0.15, 0.2) is 36.4 Å². The van der Waals surface area contributed by atoms with Crippen molar-refractivity contribution in [1.82, 2.24) is 0 Å². The summed E-state index contributed by atoms with van der Waals surface area (Å²) >= 11 is 0. The van der Waals surface area contributed by atoms with Gasteiger partial charge < -0.3 is 14.9 Å². The Morgan fingerprint density at radius 1 is 0.862 bits per heavy atom. The van der Waals surface area contributed by atoms with E-state index in [1.54, 1.807) is 0 Å². The van der Waals surface area contributed by atoms with Gasteiger partial charge in [0.2, 0.25) is 0 Å². The predicted molar refractivity (Wildman–Crippen MR) is 120 cm³/mol. The number of carbonyl (C=O) groups is 1. The van der Waals surface area contributed by atoms with Crippen LogP contribution in [-0.4, -0.2) is 23.1 Å². The topological polar surface area (TPSA) is 66.8 Å². The number of aromatic hydroxyl groups is 2. The summed E-state index contributed by atoms with van der Waals surface area (Å²) in [7, 11) is 1.42. The Kier molecular flexibility index (Phi) is 13.4. The third-order valence-electron chi connectivity index (χ3n) is 4.87. The SMILES string of the molecule is CCC/C=C\CCCCC/C=C\CCCCCC(=O)c1c(O)cc(O)cc1OC. The molecule has 0 saturated carbocycles. The summed E-state index contributed by atoms with van der Waals surface area (Å²) < 4.78 is 5.10. The van der Waals surface area contributed by atoms with Gasteiger partial charge in [0.15, 0.2) is 5.78 Å². The molecule has 0 atom stereocenters. The Labute approximate surface area is 176 Å². The molecule has 162 valence electrons. The summed E-state index contributed by atoms with van der Waals surface area (Å²) in [5, 5.41) is 19.4. The van der Waals surface area contributed by atoms with Crippen molar-refractivity contribution in [2.45, 2.75) is 84.0 Å². The zero-order valence-corrected chi connectivity index (χ0v) is 18.2. The Hall–Kier alpha value is -2.23. The number of methoxy groups -OCH3 is 1. The summed E-state index contributed by atoms with van der Waals surface area (Å²) in [4.78, 5) is 12.4. The average molecular weight is 403 g/mol. The number of allylic oxidation sites excluding steroid dienone is 4. The Morgan fingerprint density at radius 2 is 1.41 bits per heavy atom. The molecular weight excluding hydrogens is 364 g/mol. The summed E-state index contributed by atoms with van der Waals surface area (Å²) in [6.07, 6.45) is 22.0. The number of ketones is 1. The molecule has 1 aromatic rings. The van der Waals surface area contributed by atoms with Gasteiger partial charge in [-0.25, -0.2) is 0 Å². The quantitative estimate of drug-likeness (QED) is 0.176. The van der Waals surface area contributed by atoms with Crippen LogP contribution >= 0.6 is 0 Å². The van der Waals surface area contributed by atoms with Crippen LogP contribution in [0.4, 0.5) is 0 Å². The number of Topliss-reactive ketones (excluding diaryl/α,β-unsaturated/α-hetero) is 1. The fourth-order valence-electron chi connectivity index (χ4n) is 3.22. The molecule has 0 spiro atoms. The van der Waals surface area contributed by atoms with Gasteiger partial charge in [-0.3, -0.25) is 4.79 Å². The van der Waals surface area contributed by atoms with Gasteiger partial charge in [-0.15, -0.1) is 0 Å². The van der Waals surface area contributed by atoms with E-state index in [0.717, 1.165) is 32.1 Å². The predicted octanol–water partition coefficient (Wildman–Crippen LogP) is 7.10. The lowest BCUT2D eigenvalue weighted by Crippen LogP contribution is -2.03. The van der Waals surface area contributed by atoms with Gasteiger partial charge in [-0.1, -0.05) is 50.5 Å². The van der Waals surface area contributed by atoms with Crippen molar-refractivity contribution in [2.24, 2.45) is 0 Å². The zero-order valence-electron chi connectivity index (χ0n) is 18.2. The molecular formula is C25H38O4. The van der Waals surface area contributed by atoms with Crippen molar-refractivity contribution >= 4 is 5.78 Å². The van der Waals surface area contributed by atoms with Crippen molar-refractivity contribution in [3.63, 3.8) is 0 Å². The second-order valence-electron chi connectivity index (χ2n) is 7.43. The number of ether oxygens (including phenoxy) is 1. The highest BCUT2D eigenvalue weighted by Crippen LogP contribution is 2.33. The van der Waals surface area contributed by atoms with Crippen LogP contribution in [0.5, 0.6) is 17.2 Å². The molecule has 4 nitrogen and oxygen atoms in total. The minimum atomic E-state index is -0.230. The van der Waals surface area contributed by atoms with Crippen LogP contribution < -0.4 is 4.74 Å². The third-order valence-corrected chi connectivity index (χ3v) is 4.87. The van der Waals surface area contributed by atoms with Crippen LogP contribution in [0.3, 0.4) is 0 Å². The molecule has 0 aliphatic carbocycles. The molecule has 0 fully saturated rings. The maximum atomic E-state index is 12.4. The second-order valence-corrected chi connectivity index (χ2v) is 7.43. The Bertz CT molecular complexity index is 646. The fourth-order valence-corrected chi connectivity index (χ4v) is 3.22. The second kappa shape index (κ2) is 15.7.